The molecule has 0 N–H and O–H groups in total. The molecule has 0 amide bonds. The summed E-state index contributed by atoms with van der Waals surface area (Å²) in [7, 11) is 1.81. The lowest BCUT2D eigenvalue weighted by Crippen LogP contribution is -2.04. The highest BCUT2D eigenvalue weighted by Gasteiger charge is 2.06. The van der Waals surface area contributed by atoms with Gasteiger partial charge in [0.1, 0.15) is 5.75 Å². The SMILES string of the molecule is CN1[N-]Oc2ccncc21. The third-order valence-corrected chi connectivity index (χ3v) is 1.37. The average molecular weight is 136 g/mol. The van der Waals surface area contributed by atoms with Gasteiger partial charge in [0.15, 0.2) is 0 Å². The van der Waals surface area contributed by atoms with Crippen LogP contribution in [0.2, 0.25) is 0 Å². The van der Waals surface area contributed by atoms with Gasteiger partial charge in [-0.25, -0.2) is 0 Å². The van der Waals surface area contributed by atoms with Crippen LogP contribution in [-0.4, -0.2) is 12.0 Å². The van der Waals surface area contributed by atoms with Gasteiger partial charge in [-0.05, 0) is 13.1 Å². The largest absolute Gasteiger partial charge is 0.569 e. The number of pyridine rings is 1. The van der Waals surface area contributed by atoms with E-state index in [-0.39, 0.29) is 0 Å². The molecule has 0 bridgehead atoms. The van der Waals surface area contributed by atoms with Crippen molar-refractivity contribution in [3.63, 3.8) is 0 Å². The fourth-order valence-electron chi connectivity index (χ4n) is 0.843. The van der Waals surface area contributed by atoms with E-state index in [4.69, 9.17) is 4.84 Å². The van der Waals surface area contributed by atoms with E-state index in [1.165, 1.54) is 0 Å². The molecule has 0 fully saturated rings. The molecule has 4 heteroatoms. The molecule has 10 heavy (non-hydrogen) atoms. The molecule has 0 aliphatic carbocycles. The third kappa shape index (κ3) is 0.625. The average Bonchev–Trinajstić information content (AvgIpc) is 2.34. The van der Waals surface area contributed by atoms with Gasteiger partial charge in [0.2, 0.25) is 0 Å². The number of rotatable bonds is 0. The number of anilines is 1. The van der Waals surface area contributed by atoms with Crippen LogP contribution in [-0.2, 0) is 0 Å². The summed E-state index contributed by atoms with van der Waals surface area (Å²) in [6.07, 6.45) is 3.39. The van der Waals surface area contributed by atoms with Gasteiger partial charge in [0, 0.05) is 6.20 Å². The molecule has 0 aromatic carbocycles. The Balaban J connectivity index is 2.51. The molecular formula is C6H6N3O-. The maximum atomic E-state index is 4.92. The van der Waals surface area contributed by atoms with Crippen LogP contribution in [0.4, 0.5) is 5.69 Å². The summed E-state index contributed by atoms with van der Waals surface area (Å²) in [5, 5.41) is 1.64. The second-order valence-electron chi connectivity index (χ2n) is 2.04. The smallest absolute Gasteiger partial charge is 0.128 e. The summed E-state index contributed by atoms with van der Waals surface area (Å²) >= 11 is 0. The van der Waals surface area contributed by atoms with Crippen molar-refractivity contribution in [2.24, 2.45) is 0 Å². The van der Waals surface area contributed by atoms with Crippen LogP contribution < -0.4 is 9.85 Å². The Morgan fingerprint density at radius 2 is 2.60 bits per heavy atom. The topological polar surface area (TPSA) is 39.5 Å². The van der Waals surface area contributed by atoms with Crippen LogP contribution in [0.3, 0.4) is 0 Å². The first kappa shape index (κ1) is 5.49. The highest BCUT2D eigenvalue weighted by Crippen LogP contribution is 2.34. The zero-order valence-corrected chi connectivity index (χ0v) is 5.48. The molecule has 1 aliphatic rings. The Morgan fingerprint density at radius 1 is 1.70 bits per heavy atom. The second-order valence-corrected chi connectivity index (χ2v) is 2.04. The molecule has 0 radical (unpaired) electrons. The first-order chi connectivity index (χ1) is 4.88. The van der Waals surface area contributed by atoms with Gasteiger partial charge < -0.3 is 15.4 Å². The van der Waals surface area contributed by atoms with Crippen molar-refractivity contribution >= 4 is 5.69 Å². The molecule has 0 saturated carbocycles. The Bertz CT molecular complexity index is 251. The van der Waals surface area contributed by atoms with E-state index in [1.54, 1.807) is 23.5 Å². The highest BCUT2D eigenvalue weighted by molar-refractivity contribution is 5.61. The normalized spacial score (nSPS) is 14.7. The number of hydrogen-bond donors (Lipinski definition) is 0. The van der Waals surface area contributed by atoms with Crippen molar-refractivity contribution in [3.8, 4) is 5.75 Å². The monoisotopic (exact) mass is 136 g/mol. The molecule has 4 nitrogen and oxygen atoms in total. The predicted octanol–water partition coefficient (Wildman–Crippen LogP) is 1.11. The fourth-order valence-corrected chi connectivity index (χ4v) is 0.843. The van der Waals surface area contributed by atoms with Gasteiger partial charge in [-0.1, -0.05) is 0 Å². The molecule has 1 aliphatic heterocycles. The molecule has 0 unspecified atom stereocenters. The number of hydrogen-bond acceptors (Lipinski definition) is 3. The van der Waals surface area contributed by atoms with Crippen LogP contribution >= 0.6 is 0 Å². The van der Waals surface area contributed by atoms with Crippen molar-refractivity contribution in [1.29, 1.82) is 0 Å². The summed E-state index contributed by atoms with van der Waals surface area (Å²) in [4.78, 5) is 8.85. The maximum Gasteiger partial charge on any atom is 0.128 e. The van der Waals surface area contributed by atoms with Gasteiger partial charge in [-0.2, -0.15) is 0 Å². The van der Waals surface area contributed by atoms with E-state index in [9.17, 15) is 0 Å². The van der Waals surface area contributed by atoms with Gasteiger partial charge >= 0.3 is 0 Å². The Hall–Kier alpha value is -1.29. The van der Waals surface area contributed by atoms with Crippen molar-refractivity contribution in [1.82, 2.24) is 4.98 Å². The fraction of sp³-hybridized carbons (Fsp3) is 0.167. The molecule has 1 aromatic rings. The standard InChI is InChI=1S/C6H6N3O/c1-9-5-4-7-3-2-6(5)10-8-9/h2-4H,1H3/q-1. The lowest BCUT2D eigenvalue weighted by atomic mass is 10.4. The summed E-state index contributed by atoms with van der Waals surface area (Å²) in [6.45, 7) is 0. The molecule has 2 rings (SSSR count). The summed E-state index contributed by atoms with van der Waals surface area (Å²) in [5.74, 6) is 0.762. The van der Waals surface area contributed by atoms with Gasteiger partial charge in [0.25, 0.3) is 0 Å². The second kappa shape index (κ2) is 1.85. The van der Waals surface area contributed by atoms with E-state index in [0.717, 1.165) is 11.4 Å². The number of aromatic nitrogens is 1. The van der Waals surface area contributed by atoms with Gasteiger partial charge in [-0.3, -0.25) is 4.98 Å². The molecule has 0 spiro atoms. The van der Waals surface area contributed by atoms with E-state index >= 15 is 0 Å². The van der Waals surface area contributed by atoms with Crippen LogP contribution in [0.1, 0.15) is 0 Å². The first-order valence-corrected chi connectivity index (χ1v) is 2.93. The zero-order chi connectivity index (χ0) is 6.97. The van der Waals surface area contributed by atoms with E-state index in [0.29, 0.717) is 0 Å². The number of nitrogens with zero attached hydrogens (tertiary/aromatic N) is 3. The lowest BCUT2D eigenvalue weighted by molar-refractivity contribution is 0.447. The zero-order valence-electron chi connectivity index (χ0n) is 5.48. The van der Waals surface area contributed by atoms with E-state index < -0.39 is 0 Å². The minimum Gasteiger partial charge on any atom is -0.569 e. The minimum absolute atomic E-state index is 0.762. The van der Waals surface area contributed by atoms with Crippen molar-refractivity contribution in [2.75, 3.05) is 12.1 Å². The van der Waals surface area contributed by atoms with Crippen molar-refractivity contribution < 1.29 is 4.84 Å². The summed E-state index contributed by atoms with van der Waals surface area (Å²) in [5.41, 5.74) is 4.60. The molecular weight excluding hydrogens is 130 g/mol. The van der Waals surface area contributed by atoms with Crippen molar-refractivity contribution in [2.45, 2.75) is 0 Å². The van der Waals surface area contributed by atoms with E-state index in [2.05, 4.69) is 10.6 Å². The Labute approximate surface area is 58.4 Å². The molecule has 2 heterocycles. The molecule has 0 atom stereocenters. The highest BCUT2D eigenvalue weighted by atomic mass is 16.7. The third-order valence-electron chi connectivity index (χ3n) is 1.37. The number of fused-ring (bicyclic) bond motifs is 1. The van der Waals surface area contributed by atoms with E-state index in [1.807, 2.05) is 7.05 Å². The molecule has 52 valence electrons. The summed E-state index contributed by atoms with van der Waals surface area (Å²) in [6, 6.07) is 1.78. The quantitative estimate of drug-likeness (QED) is 0.536. The minimum atomic E-state index is 0.762. The van der Waals surface area contributed by atoms with Crippen LogP contribution in [0.5, 0.6) is 5.75 Å². The van der Waals surface area contributed by atoms with Crippen LogP contribution in [0.15, 0.2) is 18.5 Å². The Morgan fingerprint density at radius 3 is 3.40 bits per heavy atom. The van der Waals surface area contributed by atoms with Gasteiger partial charge in [0.05, 0.1) is 11.9 Å². The van der Waals surface area contributed by atoms with Crippen molar-refractivity contribution in [3.05, 3.63) is 24.0 Å². The maximum absolute atomic E-state index is 4.92. The predicted molar refractivity (Wildman–Crippen MR) is 36.6 cm³/mol. The summed E-state index contributed by atoms with van der Waals surface area (Å²) < 4.78 is 0. The van der Waals surface area contributed by atoms with Crippen LogP contribution in [0, 0.1) is 0 Å². The van der Waals surface area contributed by atoms with Gasteiger partial charge in [-0.15, -0.1) is 0 Å². The lowest BCUT2D eigenvalue weighted by Gasteiger charge is -2.22. The molecule has 1 aromatic heterocycles. The van der Waals surface area contributed by atoms with Crippen LogP contribution in [0.25, 0.3) is 5.59 Å². The Kier molecular flexibility index (Phi) is 1.01. The molecule has 0 saturated heterocycles. The first-order valence-electron chi connectivity index (χ1n) is 2.93.